The Morgan fingerprint density at radius 2 is 1.59 bits per heavy atom. The molecule has 86 valence electrons. The quantitative estimate of drug-likeness (QED) is 0.708. The van der Waals surface area contributed by atoms with Crippen LogP contribution in [0.2, 0.25) is 0 Å². The lowest BCUT2D eigenvalue weighted by atomic mass is 10.0. The maximum Gasteiger partial charge on any atom is 0.166 e. The van der Waals surface area contributed by atoms with Crippen molar-refractivity contribution in [1.29, 1.82) is 0 Å². The third kappa shape index (κ3) is 2.11. The van der Waals surface area contributed by atoms with Crippen molar-refractivity contribution in [3.8, 4) is 11.1 Å². The van der Waals surface area contributed by atoms with Crippen LogP contribution >= 0.6 is 0 Å². The lowest BCUT2D eigenvalue weighted by molar-refractivity contribution is 0.505. The number of hydrogen-bond acceptors (Lipinski definition) is 0. The van der Waals surface area contributed by atoms with Crippen LogP contribution in [0, 0.1) is 18.6 Å². The molecule has 17 heavy (non-hydrogen) atoms. The largest absolute Gasteiger partial charge is 0.203 e. The Morgan fingerprint density at radius 1 is 0.941 bits per heavy atom. The van der Waals surface area contributed by atoms with Crippen molar-refractivity contribution in [2.24, 2.45) is 0 Å². The maximum atomic E-state index is 13.7. The van der Waals surface area contributed by atoms with Crippen LogP contribution in [0.3, 0.4) is 0 Å². The highest BCUT2D eigenvalue weighted by molar-refractivity contribution is 5.66. The van der Waals surface area contributed by atoms with E-state index in [2.05, 4.69) is 6.58 Å². The average Bonchev–Trinajstić information content (AvgIpc) is 2.36. The molecule has 0 aromatic heterocycles. The third-order valence-electron chi connectivity index (χ3n) is 2.73. The van der Waals surface area contributed by atoms with E-state index in [-0.39, 0.29) is 5.56 Å². The van der Waals surface area contributed by atoms with Crippen LogP contribution in [0.4, 0.5) is 8.78 Å². The van der Waals surface area contributed by atoms with Crippen molar-refractivity contribution in [2.45, 2.75) is 6.92 Å². The van der Waals surface area contributed by atoms with Crippen molar-refractivity contribution in [2.75, 3.05) is 0 Å². The van der Waals surface area contributed by atoms with E-state index in [1.165, 1.54) is 0 Å². The Kier molecular flexibility index (Phi) is 3.05. The summed E-state index contributed by atoms with van der Waals surface area (Å²) in [7, 11) is 0. The molecule has 2 aromatic rings. The summed E-state index contributed by atoms with van der Waals surface area (Å²) in [5.41, 5.74) is 2.20. The molecule has 0 N–H and O–H groups in total. The Hall–Kier alpha value is -1.96. The fourth-order valence-corrected chi connectivity index (χ4v) is 1.67. The predicted octanol–water partition coefficient (Wildman–Crippen LogP) is 4.58. The zero-order valence-corrected chi connectivity index (χ0v) is 9.50. The van der Waals surface area contributed by atoms with Gasteiger partial charge in [-0.1, -0.05) is 49.1 Å². The third-order valence-corrected chi connectivity index (χ3v) is 2.73. The molecule has 0 bridgehead atoms. The van der Waals surface area contributed by atoms with E-state index >= 15 is 0 Å². The summed E-state index contributed by atoms with van der Waals surface area (Å²) in [6, 6.07) is 10.3. The van der Waals surface area contributed by atoms with Gasteiger partial charge in [0.15, 0.2) is 11.6 Å². The van der Waals surface area contributed by atoms with Crippen molar-refractivity contribution in [3.05, 3.63) is 65.7 Å². The molecule has 0 fully saturated rings. The van der Waals surface area contributed by atoms with E-state index in [4.69, 9.17) is 0 Å². The minimum absolute atomic E-state index is 0.281. The highest BCUT2D eigenvalue weighted by Crippen LogP contribution is 2.26. The molecule has 2 heteroatoms. The average molecular weight is 230 g/mol. The molecule has 0 radical (unpaired) electrons. The van der Waals surface area contributed by atoms with Gasteiger partial charge in [-0.25, -0.2) is 8.78 Å². The van der Waals surface area contributed by atoms with Gasteiger partial charge in [-0.05, 0) is 23.6 Å². The zero-order chi connectivity index (χ0) is 12.4. The molecule has 0 nitrogen and oxygen atoms in total. The number of aryl methyl sites for hydroxylation is 1. The molecule has 0 amide bonds. The SMILES string of the molecule is C=Cc1ccc(-c2ccc(C)c(F)c2F)cc1. The van der Waals surface area contributed by atoms with Gasteiger partial charge in [0, 0.05) is 5.56 Å². The number of halogens is 2. The van der Waals surface area contributed by atoms with Gasteiger partial charge in [0.05, 0.1) is 0 Å². The van der Waals surface area contributed by atoms with Crippen molar-refractivity contribution < 1.29 is 8.78 Å². The van der Waals surface area contributed by atoms with E-state index in [1.54, 1.807) is 37.3 Å². The van der Waals surface area contributed by atoms with E-state index in [9.17, 15) is 8.78 Å². The fourth-order valence-electron chi connectivity index (χ4n) is 1.67. The van der Waals surface area contributed by atoms with E-state index in [0.29, 0.717) is 11.1 Å². The number of benzene rings is 2. The van der Waals surface area contributed by atoms with Gasteiger partial charge >= 0.3 is 0 Å². The first-order valence-electron chi connectivity index (χ1n) is 5.31. The second kappa shape index (κ2) is 4.50. The first kappa shape index (κ1) is 11.5. The van der Waals surface area contributed by atoms with Gasteiger partial charge in [0.25, 0.3) is 0 Å². The summed E-state index contributed by atoms with van der Waals surface area (Å²) < 4.78 is 27.2. The smallest absolute Gasteiger partial charge is 0.166 e. The normalized spacial score (nSPS) is 10.3. The van der Waals surface area contributed by atoms with Crippen LogP contribution in [-0.4, -0.2) is 0 Å². The molecule has 2 rings (SSSR count). The highest BCUT2D eigenvalue weighted by atomic mass is 19.2. The van der Waals surface area contributed by atoms with Crippen LogP contribution in [0.25, 0.3) is 17.2 Å². The Bertz CT molecular complexity index is 554. The molecular formula is C15H12F2. The minimum atomic E-state index is -0.795. The molecule has 0 atom stereocenters. The lowest BCUT2D eigenvalue weighted by Gasteiger charge is -2.06. The first-order valence-corrected chi connectivity index (χ1v) is 5.31. The summed E-state index contributed by atoms with van der Waals surface area (Å²) in [5.74, 6) is -1.58. The van der Waals surface area contributed by atoms with Gasteiger partial charge in [0.1, 0.15) is 0 Å². The van der Waals surface area contributed by atoms with Crippen LogP contribution < -0.4 is 0 Å². The molecule has 0 unspecified atom stereocenters. The van der Waals surface area contributed by atoms with Crippen LogP contribution in [0.15, 0.2) is 43.0 Å². The van der Waals surface area contributed by atoms with E-state index in [1.807, 2.05) is 12.1 Å². The van der Waals surface area contributed by atoms with Crippen LogP contribution in [0.1, 0.15) is 11.1 Å². The molecule has 0 aliphatic heterocycles. The predicted molar refractivity (Wildman–Crippen MR) is 66.6 cm³/mol. The van der Waals surface area contributed by atoms with E-state index < -0.39 is 11.6 Å². The van der Waals surface area contributed by atoms with Crippen LogP contribution in [0.5, 0.6) is 0 Å². The van der Waals surface area contributed by atoms with Gasteiger partial charge < -0.3 is 0 Å². The number of hydrogen-bond donors (Lipinski definition) is 0. The summed E-state index contributed by atoms with van der Waals surface area (Å²) in [6.07, 6.45) is 1.70. The number of rotatable bonds is 2. The maximum absolute atomic E-state index is 13.7. The van der Waals surface area contributed by atoms with Gasteiger partial charge in [-0.3, -0.25) is 0 Å². The molecule has 0 heterocycles. The molecule has 2 aromatic carbocycles. The standard InChI is InChI=1S/C15H12F2/c1-3-11-5-7-12(8-6-11)13-9-4-10(2)14(16)15(13)17/h3-9H,1H2,2H3. The first-order chi connectivity index (χ1) is 8.13. The molecular weight excluding hydrogens is 218 g/mol. The Morgan fingerprint density at radius 3 is 2.18 bits per heavy atom. The molecule has 0 aliphatic carbocycles. The van der Waals surface area contributed by atoms with Crippen molar-refractivity contribution in [1.82, 2.24) is 0 Å². The summed E-state index contributed by atoms with van der Waals surface area (Å²) >= 11 is 0. The molecule has 0 saturated carbocycles. The Balaban J connectivity index is 2.53. The topological polar surface area (TPSA) is 0 Å². The van der Waals surface area contributed by atoms with Gasteiger partial charge in [-0.15, -0.1) is 0 Å². The van der Waals surface area contributed by atoms with Crippen molar-refractivity contribution >= 4 is 6.08 Å². The highest BCUT2D eigenvalue weighted by Gasteiger charge is 2.11. The van der Waals surface area contributed by atoms with Gasteiger partial charge in [0.2, 0.25) is 0 Å². The zero-order valence-electron chi connectivity index (χ0n) is 9.50. The van der Waals surface area contributed by atoms with Crippen molar-refractivity contribution in [3.63, 3.8) is 0 Å². The summed E-state index contributed by atoms with van der Waals surface area (Å²) in [4.78, 5) is 0. The summed E-state index contributed by atoms with van der Waals surface area (Å²) in [5, 5.41) is 0. The van der Waals surface area contributed by atoms with Gasteiger partial charge in [-0.2, -0.15) is 0 Å². The molecule has 0 aliphatic rings. The van der Waals surface area contributed by atoms with Crippen LogP contribution in [-0.2, 0) is 0 Å². The molecule has 0 saturated heterocycles. The fraction of sp³-hybridized carbons (Fsp3) is 0.0667. The Labute approximate surface area is 99.2 Å². The van der Waals surface area contributed by atoms with E-state index in [0.717, 1.165) is 5.56 Å². The second-order valence-electron chi connectivity index (χ2n) is 3.88. The monoisotopic (exact) mass is 230 g/mol. The minimum Gasteiger partial charge on any atom is -0.203 e. The molecule has 0 spiro atoms. The second-order valence-corrected chi connectivity index (χ2v) is 3.88. The summed E-state index contributed by atoms with van der Waals surface area (Å²) in [6.45, 7) is 5.19. The lowest BCUT2D eigenvalue weighted by Crippen LogP contribution is -1.92.